The lowest BCUT2D eigenvalue weighted by Crippen LogP contribution is -2.47. The van der Waals surface area contributed by atoms with Crippen LogP contribution in [0.1, 0.15) is 53.4 Å². The van der Waals surface area contributed by atoms with Gasteiger partial charge in [-0.3, -0.25) is 14.5 Å². The number of ketones is 1. The van der Waals surface area contributed by atoms with Crippen molar-refractivity contribution < 1.29 is 9.59 Å². The van der Waals surface area contributed by atoms with Crippen LogP contribution in [0.15, 0.2) is 0 Å². The second-order valence-corrected chi connectivity index (χ2v) is 5.96. The highest BCUT2D eigenvalue weighted by Crippen LogP contribution is 2.26. The summed E-state index contributed by atoms with van der Waals surface area (Å²) in [6.07, 6.45) is 4.69. The second-order valence-electron chi connectivity index (χ2n) is 5.96. The van der Waals surface area contributed by atoms with Gasteiger partial charge in [0.15, 0.2) is 5.78 Å². The molecule has 1 N–H and O–H groups in total. The Balaban J connectivity index is 2.44. The first kappa shape index (κ1) is 16.2. The van der Waals surface area contributed by atoms with Gasteiger partial charge in [0.1, 0.15) is 0 Å². The molecule has 110 valence electrons. The minimum absolute atomic E-state index is 0.0168. The first-order chi connectivity index (χ1) is 8.95. The first-order valence-corrected chi connectivity index (χ1v) is 7.49. The standard InChI is InChI=1S/C15H28N2O2/c1-5-6-9-17(13-7-8-13)10-14(19)16-15(11(2)3)12(4)18/h11,13,15H,5-10H2,1-4H3,(H,16,19). The van der Waals surface area contributed by atoms with Crippen molar-refractivity contribution in [1.82, 2.24) is 10.2 Å². The van der Waals surface area contributed by atoms with Crippen LogP contribution >= 0.6 is 0 Å². The molecule has 0 aliphatic heterocycles. The first-order valence-electron chi connectivity index (χ1n) is 7.49. The Kier molecular flexibility index (Phi) is 6.49. The van der Waals surface area contributed by atoms with E-state index in [9.17, 15) is 9.59 Å². The van der Waals surface area contributed by atoms with E-state index in [2.05, 4.69) is 17.1 Å². The summed E-state index contributed by atoms with van der Waals surface area (Å²) in [4.78, 5) is 25.8. The molecule has 0 heterocycles. The van der Waals surface area contributed by atoms with E-state index < -0.39 is 0 Å². The molecule has 0 aromatic rings. The maximum Gasteiger partial charge on any atom is 0.234 e. The monoisotopic (exact) mass is 268 g/mol. The summed E-state index contributed by atoms with van der Waals surface area (Å²) in [5.41, 5.74) is 0. The summed E-state index contributed by atoms with van der Waals surface area (Å²) in [7, 11) is 0. The summed E-state index contributed by atoms with van der Waals surface area (Å²) in [5, 5.41) is 2.88. The third kappa shape index (κ3) is 5.72. The molecule has 1 unspecified atom stereocenters. The van der Waals surface area contributed by atoms with Crippen LogP contribution in [0, 0.1) is 5.92 Å². The van der Waals surface area contributed by atoms with E-state index in [1.54, 1.807) is 6.92 Å². The van der Waals surface area contributed by atoms with E-state index in [0.717, 1.165) is 19.4 Å². The van der Waals surface area contributed by atoms with Gasteiger partial charge in [-0.1, -0.05) is 27.2 Å². The zero-order valence-electron chi connectivity index (χ0n) is 12.7. The Labute approximate surface area is 116 Å². The van der Waals surface area contributed by atoms with Gasteiger partial charge in [-0.05, 0) is 38.6 Å². The molecule has 1 saturated carbocycles. The van der Waals surface area contributed by atoms with E-state index in [4.69, 9.17) is 0 Å². The minimum Gasteiger partial charge on any atom is -0.345 e. The fourth-order valence-electron chi connectivity index (χ4n) is 2.33. The number of carbonyl (C=O) groups is 2. The number of nitrogens with one attached hydrogen (secondary N) is 1. The van der Waals surface area contributed by atoms with Crippen LogP contribution in [0.2, 0.25) is 0 Å². The highest BCUT2D eigenvalue weighted by atomic mass is 16.2. The predicted octanol–water partition coefficient (Wildman–Crippen LogP) is 1.98. The molecule has 4 heteroatoms. The maximum atomic E-state index is 12.1. The van der Waals surface area contributed by atoms with Gasteiger partial charge in [-0.25, -0.2) is 0 Å². The molecule has 0 bridgehead atoms. The van der Waals surface area contributed by atoms with Gasteiger partial charge < -0.3 is 5.32 Å². The van der Waals surface area contributed by atoms with Crippen molar-refractivity contribution in [3.63, 3.8) is 0 Å². The Bertz CT molecular complexity index is 311. The molecule has 1 aliphatic rings. The number of amides is 1. The van der Waals surface area contributed by atoms with Crippen LogP contribution in [0.25, 0.3) is 0 Å². The number of hydrogen-bond acceptors (Lipinski definition) is 3. The van der Waals surface area contributed by atoms with Gasteiger partial charge in [0.25, 0.3) is 0 Å². The van der Waals surface area contributed by atoms with Crippen LogP contribution in [0.3, 0.4) is 0 Å². The highest BCUT2D eigenvalue weighted by Gasteiger charge is 2.30. The van der Waals surface area contributed by atoms with Crippen LogP contribution in [0.4, 0.5) is 0 Å². The van der Waals surface area contributed by atoms with Gasteiger partial charge in [0.05, 0.1) is 12.6 Å². The average Bonchev–Trinajstić information content (AvgIpc) is 3.14. The quantitative estimate of drug-likeness (QED) is 0.695. The molecular weight excluding hydrogens is 240 g/mol. The fraction of sp³-hybridized carbons (Fsp3) is 0.867. The van der Waals surface area contributed by atoms with Crippen molar-refractivity contribution >= 4 is 11.7 Å². The van der Waals surface area contributed by atoms with Crippen LogP contribution in [-0.4, -0.2) is 41.8 Å². The highest BCUT2D eigenvalue weighted by molar-refractivity contribution is 5.88. The van der Waals surface area contributed by atoms with Gasteiger partial charge in [0, 0.05) is 6.04 Å². The van der Waals surface area contributed by atoms with Crippen molar-refractivity contribution in [3.05, 3.63) is 0 Å². The van der Waals surface area contributed by atoms with Crippen LogP contribution in [-0.2, 0) is 9.59 Å². The lowest BCUT2D eigenvalue weighted by atomic mass is 10.0. The summed E-state index contributed by atoms with van der Waals surface area (Å²) in [6.45, 7) is 9.04. The second kappa shape index (κ2) is 7.63. The Morgan fingerprint density at radius 1 is 1.32 bits per heavy atom. The topological polar surface area (TPSA) is 49.4 Å². The van der Waals surface area contributed by atoms with E-state index >= 15 is 0 Å². The largest absolute Gasteiger partial charge is 0.345 e. The van der Waals surface area contributed by atoms with Crippen LogP contribution < -0.4 is 5.32 Å². The molecule has 4 nitrogen and oxygen atoms in total. The SMILES string of the molecule is CCCCN(CC(=O)NC(C(C)=O)C(C)C)C1CC1. The maximum absolute atomic E-state index is 12.1. The molecule has 0 saturated heterocycles. The van der Waals surface area contributed by atoms with Gasteiger partial charge in [0.2, 0.25) is 5.91 Å². The summed E-state index contributed by atoms with van der Waals surface area (Å²) in [5.74, 6) is 0.165. The van der Waals surface area contributed by atoms with Crippen molar-refractivity contribution in [2.24, 2.45) is 5.92 Å². The molecule has 0 spiro atoms. The zero-order chi connectivity index (χ0) is 14.4. The molecule has 1 rings (SSSR count). The fourth-order valence-corrected chi connectivity index (χ4v) is 2.33. The Morgan fingerprint density at radius 2 is 1.95 bits per heavy atom. The minimum atomic E-state index is -0.347. The van der Waals surface area contributed by atoms with Gasteiger partial charge in [-0.15, -0.1) is 0 Å². The number of rotatable bonds is 9. The van der Waals surface area contributed by atoms with E-state index in [0.29, 0.717) is 12.6 Å². The normalized spacial score (nSPS) is 16.7. The van der Waals surface area contributed by atoms with Crippen LogP contribution in [0.5, 0.6) is 0 Å². The molecule has 1 aliphatic carbocycles. The van der Waals surface area contributed by atoms with Crippen molar-refractivity contribution in [2.75, 3.05) is 13.1 Å². The van der Waals surface area contributed by atoms with E-state index in [1.165, 1.54) is 12.8 Å². The van der Waals surface area contributed by atoms with Gasteiger partial charge in [-0.2, -0.15) is 0 Å². The molecule has 0 aromatic heterocycles. The number of hydrogen-bond donors (Lipinski definition) is 1. The summed E-state index contributed by atoms with van der Waals surface area (Å²) in [6, 6.07) is 0.242. The molecule has 0 aromatic carbocycles. The number of nitrogens with zero attached hydrogens (tertiary/aromatic N) is 1. The van der Waals surface area contributed by atoms with Crippen molar-refractivity contribution in [1.29, 1.82) is 0 Å². The average molecular weight is 268 g/mol. The Morgan fingerprint density at radius 3 is 2.37 bits per heavy atom. The molecular formula is C15H28N2O2. The third-order valence-electron chi connectivity index (χ3n) is 3.63. The molecule has 1 amide bonds. The van der Waals surface area contributed by atoms with Crippen molar-refractivity contribution in [3.8, 4) is 0 Å². The summed E-state index contributed by atoms with van der Waals surface area (Å²) < 4.78 is 0. The number of carbonyl (C=O) groups excluding carboxylic acids is 2. The van der Waals surface area contributed by atoms with E-state index in [1.807, 2.05) is 13.8 Å². The number of Topliss-reactive ketones (excluding diaryl/α,β-unsaturated/α-hetero) is 1. The molecule has 19 heavy (non-hydrogen) atoms. The molecule has 0 radical (unpaired) electrons. The lowest BCUT2D eigenvalue weighted by molar-refractivity contribution is -0.128. The zero-order valence-corrected chi connectivity index (χ0v) is 12.7. The predicted molar refractivity (Wildman–Crippen MR) is 77.0 cm³/mol. The third-order valence-corrected chi connectivity index (χ3v) is 3.63. The number of unbranched alkanes of at least 4 members (excludes halogenated alkanes) is 1. The lowest BCUT2D eigenvalue weighted by Gasteiger charge is -2.24. The summed E-state index contributed by atoms with van der Waals surface area (Å²) >= 11 is 0. The van der Waals surface area contributed by atoms with Gasteiger partial charge >= 0.3 is 0 Å². The van der Waals surface area contributed by atoms with E-state index in [-0.39, 0.29) is 23.7 Å². The Hall–Kier alpha value is -0.900. The molecule has 1 fully saturated rings. The van der Waals surface area contributed by atoms with Crippen molar-refractivity contribution in [2.45, 2.75) is 65.5 Å². The molecule has 1 atom stereocenters. The smallest absolute Gasteiger partial charge is 0.234 e.